The van der Waals surface area contributed by atoms with Crippen LogP contribution in [0.15, 0.2) is 18.2 Å². The Morgan fingerprint density at radius 2 is 1.65 bits per heavy atom. The van der Waals surface area contributed by atoms with Crippen LogP contribution in [-0.2, 0) is 6.18 Å². The zero-order valence-electron chi connectivity index (χ0n) is 8.10. The zero-order chi connectivity index (χ0) is 13.4. The molecule has 0 heterocycles. The smallest absolute Gasteiger partial charge is 0.399 e. The molecule has 1 aromatic carbocycles. The van der Waals surface area contributed by atoms with Gasteiger partial charge in [0, 0.05) is 5.69 Å². The highest BCUT2D eigenvalue weighted by atomic mass is 35.6. The SMILES string of the molecule is Nc1cc(C(O)C(Cl)(Cl)Cl)cc(C(F)(F)F)c1. The van der Waals surface area contributed by atoms with E-state index in [1.807, 2.05) is 0 Å². The Hall–Kier alpha value is -0.360. The Kier molecular flexibility index (Phi) is 4.08. The van der Waals surface area contributed by atoms with Crippen molar-refractivity contribution in [2.24, 2.45) is 0 Å². The second-order valence-electron chi connectivity index (χ2n) is 3.33. The first-order chi connectivity index (χ1) is 7.51. The maximum absolute atomic E-state index is 12.5. The van der Waals surface area contributed by atoms with E-state index in [-0.39, 0.29) is 11.3 Å². The highest BCUT2D eigenvalue weighted by Crippen LogP contribution is 2.41. The van der Waals surface area contributed by atoms with Crippen molar-refractivity contribution in [2.45, 2.75) is 16.1 Å². The van der Waals surface area contributed by atoms with Gasteiger partial charge in [-0.05, 0) is 23.8 Å². The van der Waals surface area contributed by atoms with E-state index in [1.54, 1.807) is 0 Å². The molecule has 17 heavy (non-hydrogen) atoms. The van der Waals surface area contributed by atoms with E-state index in [9.17, 15) is 18.3 Å². The number of hydrogen-bond acceptors (Lipinski definition) is 2. The van der Waals surface area contributed by atoms with Crippen LogP contribution in [0.4, 0.5) is 18.9 Å². The minimum Gasteiger partial charge on any atom is -0.399 e. The summed E-state index contributed by atoms with van der Waals surface area (Å²) >= 11 is 16.2. The molecule has 1 aromatic rings. The highest BCUT2D eigenvalue weighted by Gasteiger charge is 2.36. The van der Waals surface area contributed by atoms with Gasteiger partial charge in [0.1, 0.15) is 6.10 Å². The first-order valence-electron chi connectivity index (χ1n) is 4.24. The number of nitrogen functional groups attached to an aromatic ring is 1. The summed E-state index contributed by atoms with van der Waals surface area (Å²) < 4.78 is 35.3. The van der Waals surface area contributed by atoms with Crippen LogP contribution in [0, 0.1) is 0 Å². The quantitative estimate of drug-likeness (QED) is 0.614. The van der Waals surface area contributed by atoms with Crippen molar-refractivity contribution < 1.29 is 18.3 Å². The van der Waals surface area contributed by atoms with Crippen molar-refractivity contribution >= 4 is 40.5 Å². The van der Waals surface area contributed by atoms with Crippen molar-refractivity contribution in [1.82, 2.24) is 0 Å². The molecule has 0 aliphatic carbocycles. The van der Waals surface area contributed by atoms with Crippen LogP contribution in [-0.4, -0.2) is 8.90 Å². The van der Waals surface area contributed by atoms with Gasteiger partial charge in [-0.25, -0.2) is 0 Å². The molecule has 0 aromatic heterocycles. The van der Waals surface area contributed by atoms with Gasteiger partial charge in [0.05, 0.1) is 5.56 Å². The third kappa shape index (κ3) is 3.81. The van der Waals surface area contributed by atoms with E-state index < -0.39 is 21.6 Å². The number of rotatable bonds is 1. The number of nitrogens with two attached hydrogens (primary N) is 1. The molecule has 0 bridgehead atoms. The Morgan fingerprint density at radius 3 is 2.06 bits per heavy atom. The van der Waals surface area contributed by atoms with Crippen LogP contribution in [0.2, 0.25) is 0 Å². The number of aliphatic hydroxyl groups excluding tert-OH is 1. The average Bonchev–Trinajstić information content (AvgIpc) is 2.12. The summed E-state index contributed by atoms with van der Waals surface area (Å²) in [6, 6.07) is 2.53. The Balaban J connectivity index is 3.24. The summed E-state index contributed by atoms with van der Waals surface area (Å²) in [5.41, 5.74) is 3.90. The molecule has 0 radical (unpaired) electrons. The number of hydrogen-bond donors (Lipinski definition) is 2. The maximum atomic E-state index is 12.5. The molecule has 0 saturated carbocycles. The first kappa shape index (κ1) is 14.7. The molecule has 3 N–H and O–H groups in total. The van der Waals surface area contributed by atoms with Gasteiger partial charge in [0.15, 0.2) is 0 Å². The Morgan fingerprint density at radius 1 is 1.12 bits per heavy atom. The summed E-state index contributed by atoms with van der Waals surface area (Å²) in [5, 5.41) is 9.55. The summed E-state index contributed by atoms with van der Waals surface area (Å²) in [4.78, 5) is 0. The molecule has 1 unspecified atom stereocenters. The fourth-order valence-corrected chi connectivity index (χ4v) is 1.57. The lowest BCUT2D eigenvalue weighted by atomic mass is 10.1. The van der Waals surface area contributed by atoms with Crippen LogP contribution in [0.25, 0.3) is 0 Å². The molecule has 0 aliphatic heterocycles. The lowest BCUT2D eigenvalue weighted by Crippen LogP contribution is -2.18. The minimum atomic E-state index is -4.59. The van der Waals surface area contributed by atoms with Gasteiger partial charge in [0.2, 0.25) is 3.79 Å². The van der Waals surface area contributed by atoms with E-state index in [1.165, 1.54) is 0 Å². The monoisotopic (exact) mass is 307 g/mol. The second kappa shape index (κ2) is 4.72. The third-order valence-electron chi connectivity index (χ3n) is 1.93. The van der Waals surface area contributed by atoms with Crippen molar-refractivity contribution in [1.29, 1.82) is 0 Å². The molecule has 0 amide bonds. The van der Waals surface area contributed by atoms with Gasteiger partial charge in [-0.1, -0.05) is 34.8 Å². The molecule has 96 valence electrons. The number of benzene rings is 1. The maximum Gasteiger partial charge on any atom is 0.416 e. The van der Waals surface area contributed by atoms with Gasteiger partial charge >= 0.3 is 6.18 Å². The molecule has 0 fully saturated rings. The minimum absolute atomic E-state index is 0.178. The number of halogens is 6. The van der Waals surface area contributed by atoms with Gasteiger partial charge in [-0.3, -0.25) is 0 Å². The van der Waals surface area contributed by atoms with Crippen molar-refractivity contribution in [3.05, 3.63) is 29.3 Å². The van der Waals surface area contributed by atoms with Crippen molar-refractivity contribution in [3.8, 4) is 0 Å². The normalized spacial score (nSPS) is 14.8. The molecule has 0 aliphatic rings. The molecule has 0 spiro atoms. The van der Waals surface area contributed by atoms with Crippen LogP contribution in [0.3, 0.4) is 0 Å². The van der Waals surface area contributed by atoms with E-state index in [0.717, 1.165) is 12.1 Å². The number of anilines is 1. The van der Waals surface area contributed by atoms with Gasteiger partial charge < -0.3 is 10.8 Å². The molecular formula is C9H7Cl3F3NO. The van der Waals surface area contributed by atoms with E-state index in [0.29, 0.717) is 6.07 Å². The topological polar surface area (TPSA) is 46.2 Å². The van der Waals surface area contributed by atoms with Crippen molar-refractivity contribution in [2.75, 3.05) is 5.73 Å². The molecule has 2 nitrogen and oxygen atoms in total. The molecular weight excluding hydrogens is 301 g/mol. The highest BCUT2D eigenvalue weighted by molar-refractivity contribution is 6.68. The van der Waals surface area contributed by atoms with Gasteiger partial charge in [0.25, 0.3) is 0 Å². The fourth-order valence-electron chi connectivity index (χ4n) is 1.19. The Bertz CT molecular complexity index is 417. The standard InChI is InChI=1S/C9H7Cl3F3NO/c10-8(11,12)7(17)4-1-5(9(13,14)15)3-6(16)2-4/h1-3,7,17H,16H2. The largest absolute Gasteiger partial charge is 0.416 e. The van der Waals surface area contributed by atoms with Crippen LogP contribution >= 0.6 is 34.8 Å². The van der Waals surface area contributed by atoms with E-state index in [2.05, 4.69) is 0 Å². The molecule has 0 saturated heterocycles. The van der Waals surface area contributed by atoms with Gasteiger partial charge in [-0.2, -0.15) is 13.2 Å². The summed E-state index contributed by atoms with van der Waals surface area (Å²) in [6.45, 7) is 0. The third-order valence-corrected chi connectivity index (χ3v) is 2.55. The van der Waals surface area contributed by atoms with E-state index >= 15 is 0 Å². The fraction of sp³-hybridized carbons (Fsp3) is 0.333. The van der Waals surface area contributed by atoms with Gasteiger partial charge in [-0.15, -0.1) is 0 Å². The molecule has 8 heteroatoms. The van der Waals surface area contributed by atoms with E-state index in [4.69, 9.17) is 40.5 Å². The van der Waals surface area contributed by atoms with Crippen LogP contribution < -0.4 is 5.73 Å². The zero-order valence-corrected chi connectivity index (χ0v) is 10.4. The second-order valence-corrected chi connectivity index (χ2v) is 5.70. The summed E-state index contributed by atoms with van der Waals surface area (Å²) in [5.74, 6) is 0. The first-order valence-corrected chi connectivity index (χ1v) is 5.37. The predicted octanol–water partition coefficient (Wildman–Crippen LogP) is 3.69. The number of aliphatic hydroxyl groups is 1. The lowest BCUT2D eigenvalue weighted by molar-refractivity contribution is -0.137. The molecule has 1 rings (SSSR count). The molecule has 1 atom stereocenters. The van der Waals surface area contributed by atoms with Crippen molar-refractivity contribution in [3.63, 3.8) is 0 Å². The lowest BCUT2D eigenvalue weighted by Gasteiger charge is -2.20. The predicted molar refractivity (Wildman–Crippen MR) is 61.1 cm³/mol. The summed E-state index contributed by atoms with van der Waals surface area (Å²) in [7, 11) is 0. The Labute approximate surface area is 110 Å². The van der Waals surface area contributed by atoms with Crippen LogP contribution in [0.1, 0.15) is 17.2 Å². The van der Waals surface area contributed by atoms with Crippen LogP contribution in [0.5, 0.6) is 0 Å². The summed E-state index contributed by atoms with van der Waals surface area (Å²) in [6.07, 6.45) is -6.28. The number of alkyl halides is 6. The average molecular weight is 309 g/mol.